The fourth-order valence-corrected chi connectivity index (χ4v) is 3.19. The van der Waals surface area contributed by atoms with E-state index < -0.39 is 16.4 Å². The average Bonchev–Trinajstić information content (AvgIpc) is 2.95. The molecule has 1 saturated carbocycles. The summed E-state index contributed by atoms with van der Waals surface area (Å²) in [4.78, 5) is 10.1. The highest BCUT2D eigenvalue weighted by Crippen LogP contribution is 2.30. The first kappa shape index (κ1) is 14.9. The Bertz CT molecular complexity index is 473. The van der Waals surface area contributed by atoms with E-state index in [1.165, 1.54) is 31.7 Å². The van der Waals surface area contributed by atoms with Gasteiger partial charge in [-0.2, -0.15) is 4.39 Å². The topological polar surface area (TPSA) is 55.2 Å². The minimum Gasteiger partial charge on any atom is -0.317 e. The van der Waals surface area contributed by atoms with Gasteiger partial charge in [0, 0.05) is 12.1 Å². The SMILES string of the molecule is CNC(CCc1cccc([N+](=O)[O-])c1F)C1CCCC1. The zero-order valence-electron chi connectivity index (χ0n) is 11.8. The van der Waals surface area contributed by atoms with Crippen molar-refractivity contribution in [3.63, 3.8) is 0 Å². The molecule has 0 bridgehead atoms. The highest BCUT2D eigenvalue weighted by atomic mass is 19.1. The van der Waals surface area contributed by atoms with Crippen molar-refractivity contribution < 1.29 is 9.31 Å². The fraction of sp³-hybridized carbons (Fsp3) is 0.600. The van der Waals surface area contributed by atoms with Crippen LogP contribution in [0, 0.1) is 21.8 Å². The van der Waals surface area contributed by atoms with E-state index >= 15 is 0 Å². The van der Waals surface area contributed by atoms with Gasteiger partial charge in [0.25, 0.3) is 0 Å². The number of rotatable bonds is 6. The standard InChI is InChI=1S/C15H21FN2O2/c1-17-13(11-5-2-3-6-11)10-9-12-7-4-8-14(15(12)16)18(19)20/h4,7-8,11,13,17H,2-3,5-6,9-10H2,1H3. The van der Waals surface area contributed by atoms with Crippen molar-refractivity contribution in [1.82, 2.24) is 5.32 Å². The third-order valence-corrected chi connectivity index (χ3v) is 4.32. The van der Waals surface area contributed by atoms with E-state index in [1.54, 1.807) is 12.1 Å². The molecule has 1 aliphatic carbocycles. The zero-order chi connectivity index (χ0) is 14.5. The van der Waals surface area contributed by atoms with Crippen LogP contribution in [-0.4, -0.2) is 18.0 Å². The van der Waals surface area contributed by atoms with Crippen LogP contribution in [0.3, 0.4) is 0 Å². The Labute approximate surface area is 118 Å². The number of halogens is 1. The fourth-order valence-electron chi connectivity index (χ4n) is 3.19. The summed E-state index contributed by atoms with van der Waals surface area (Å²) in [7, 11) is 1.94. The molecule has 1 N–H and O–H groups in total. The van der Waals surface area contributed by atoms with Gasteiger partial charge in [-0.05, 0) is 44.2 Å². The van der Waals surface area contributed by atoms with E-state index in [0.717, 1.165) is 6.42 Å². The number of nitro benzene ring substituents is 1. The quantitative estimate of drug-likeness (QED) is 0.641. The molecule has 5 heteroatoms. The molecule has 1 aliphatic rings. The second kappa shape index (κ2) is 6.79. The van der Waals surface area contributed by atoms with Gasteiger partial charge in [0.15, 0.2) is 0 Å². The van der Waals surface area contributed by atoms with Crippen molar-refractivity contribution in [2.45, 2.75) is 44.6 Å². The third-order valence-electron chi connectivity index (χ3n) is 4.32. The predicted molar refractivity (Wildman–Crippen MR) is 76.2 cm³/mol. The number of nitro groups is 1. The molecule has 0 radical (unpaired) electrons. The Kier molecular flexibility index (Phi) is 5.06. The van der Waals surface area contributed by atoms with Crippen molar-refractivity contribution in [2.24, 2.45) is 5.92 Å². The summed E-state index contributed by atoms with van der Waals surface area (Å²) in [6.07, 6.45) is 6.35. The van der Waals surface area contributed by atoms with Gasteiger partial charge in [-0.25, -0.2) is 0 Å². The maximum Gasteiger partial charge on any atom is 0.305 e. The van der Waals surface area contributed by atoms with Crippen LogP contribution in [0.25, 0.3) is 0 Å². The maximum atomic E-state index is 14.0. The third kappa shape index (κ3) is 3.33. The Morgan fingerprint density at radius 1 is 1.45 bits per heavy atom. The minimum atomic E-state index is -0.682. The molecule has 0 amide bonds. The summed E-state index contributed by atoms with van der Waals surface area (Å²) >= 11 is 0. The van der Waals surface area contributed by atoms with Gasteiger partial charge in [0.1, 0.15) is 0 Å². The molecule has 1 aromatic rings. The lowest BCUT2D eigenvalue weighted by atomic mass is 9.92. The molecule has 20 heavy (non-hydrogen) atoms. The molecule has 1 fully saturated rings. The van der Waals surface area contributed by atoms with Gasteiger partial charge in [-0.15, -0.1) is 0 Å². The monoisotopic (exact) mass is 280 g/mol. The van der Waals surface area contributed by atoms with Crippen LogP contribution in [0.4, 0.5) is 10.1 Å². The number of nitrogens with zero attached hydrogens (tertiary/aromatic N) is 1. The molecule has 0 aromatic heterocycles. The Morgan fingerprint density at radius 2 is 2.15 bits per heavy atom. The van der Waals surface area contributed by atoms with E-state index in [1.807, 2.05) is 7.05 Å². The minimum absolute atomic E-state index is 0.371. The summed E-state index contributed by atoms with van der Waals surface area (Å²) in [5.41, 5.74) is 0.0156. The van der Waals surface area contributed by atoms with Crippen molar-refractivity contribution >= 4 is 5.69 Å². The molecule has 4 nitrogen and oxygen atoms in total. The van der Waals surface area contributed by atoms with Crippen LogP contribution >= 0.6 is 0 Å². The molecular weight excluding hydrogens is 259 g/mol. The Balaban J connectivity index is 2.02. The first-order valence-corrected chi connectivity index (χ1v) is 7.22. The summed E-state index contributed by atoms with van der Waals surface area (Å²) in [5.74, 6) is -0.0273. The number of nitrogens with one attached hydrogen (secondary N) is 1. The highest BCUT2D eigenvalue weighted by Gasteiger charge is 2.24. The number of hydrogen-bond donors (Lipinski definition) is 1. The van der Waals surface area contributed by atoms with E-state index in [0.29, 0.717) is 23.9 Å². The van der Waals surface area contributed by atoms with Crippen LogP contribution in [0.2, 0.25) is 0 Å². The second-order valence-electron chi connectivity index (χ2n) is 5.49. The molecule has 0 spiro atoms. The summed E-state index contributed by atoms with van der Waals surface area (Å²) in [6.45, 7) is 0. The lowest BCUT2D eigenvalue weighted by molar-refractivity contribution is -0.387. The smallest absolute Gasteiger partial charge is 0.305 e. The van der Waals surface area contributed by atoms with Crippen LogP contribution < -0.4 is 5.32 Å². The van der Waals surface area contributed by atoms with Crippen LogP contribution in [0.5, 0.6) is 0 Å². The molecule has 1 atom stereocenters. The van der Waals surface area contributed by atoms with Crippen LogP contribution in [-0.2, 0) is 6.42 Å². The largest absolute Gasteiger partial charge is 0.317 e. The second-order valence-corrected chi connectivity index (χ2v) is 5.49. The van der Waals surface area contributed by atoms with E-state index in [2.05, 4.69) is 5.32 Å². The number of benzene rings is 1. The average molecular weight is 280 g/mol. The number of aryl methyl sites for hydroxylation is 1. The van der Waals surface area contributed by atoms with Crippen LogP contribution in [0.1, 0.15) is 37.7 Å². The number of hydrogen-bond acceptors (Lipinski definition) is 3. The van der Waals surface area contributed by atoms with Crippen molar-refractivity contribution in [1.29, 1.82) is 0 Å². The van der Waals surface area contributed by atoms with Crippen LogP contribution in [0.15, 0.2) is 18.2 Å². The molecule has 110 valence electrons. The zero-order valence-corrected chi connectivity index (χ0v) is 11.8. The first-order chi connectivity index (χ1) is 9.63. The van der Waals surface area contributed by atoms with Gasteiger partial charge in [0.2, 0.25) is 5.82 Å². The lowest BCUT2D eigenvalue weighted by Gasteiger charge is -2.22. The van der Waals surface area contributed by atoms with Gasteiger partial charge < -0.3 is 5.32 Å². The summed E-state index contributed by atoms with van der Waals surface area (Å²) in [6, 6.07) is 4.78. The molecule has 0 aliphatic heterocycles. The maximum absolute atomic E-state index is 14.0. The van der Waals surface area contributed by atoms with E-state index in [4.69, 9.17) is 0 Å². The highest BCUT2D eigenvalue weighted by molar-refractivity contribution is 5.36. The van der Waals surface area contributed by atoms with Crippen molar-refractivity contribution in [3.05, 3.63) is 39.7 Å². The lowest BCUT2D eigenvalue weighted by Crippen LogP contribution is -2.32. The summed E-state index contributed by atoms with van der Waals surface area (Å²) in [5, 5.41) is 14.0. The first-order valence-electron chi connectivity index (χ1n) is 7.22. The Morgan fingerprint density at radius 3 is 2.75 bits per heavy atom. The normalized spacial score (nSPS) is 17.3. The Hall–Kier alpha value is -1.49. The molecule has 0 saturated heterocycles. The molecule has 2 rings (SSSR count). The van der Waals surface area contributed by atoms with E-state index in [9.17, 15) is 14.5 Å². The van der Waals surface area contributed by atoms with Crippen molar-refractivity contribution in [3.8, 4) is 0 Å². The van der Waals surface area contributed by atoms with Gasteiger partial charge in [0.05, 0.1) is 4.92 Å². The predicted octanol–water partition coefficient (Wildman–Crippen LogP) is 3.44. The molecule has 0 heterocycles. The van der Waals surface area contributed by atoms with E-state index in [-0.39, 0.29) is 0 Å². The van der Waals surface area contributed by atoms with Gasteiger partial charge >= 0.3 is 5.69 Å². The molecular formula is C15H21FN2O2. The van der Waals surface area contributed by atoms with Gasteiger partial charge in [-0.1, -0.05) is 25.0 Å². The summed E-state index contributed by atoms with van der Waals surface area (Å²) < 4.78 is 14.0. The van der Waals surface area contributed by atoms with Gasteiger partial charge in [-0.3, -0.25) is 10.1 Å². The molecule has 1 unspecified atom stereocenters. The van der Waals surface area contributed by atoms with Crippen molar-refractivity contribution in [2.75, 3.05) is 7.05 Å². The molecule has 1 aromatic carbocycles.